The van der Waals surface area contributed by atoms with Crippen LogP contribution in [-0.4, -0.2) is 17.4 Å². The number of thiocarbonyl (C=S) groups is 1. The largest absolute Gasteiger partial charge is 0.361 e. The highest BCUT2D eigenvalue weighted by Gasteiger charge is 2.04. The van der Waals surface area contributed by atoms with Crippen molar-refractivity contribution in [1.82, 2.24) is 10.7 Å². The Hall–Kier alpha value is -1.56. The van der Waals surface area contributed by atoms with Crippen LogP contribution in [0.4, 0.5) is 8.78 Å². The molecule has 6 heteroatoms. The standard InChI is InChI=1S/C14H19F2N3S/c1-3-4-5-8-17-14(20)19-18-10(2)11-6-7-12(15)13(16)9-11/h6-7,9H,3-5,8H2,1-2H3,(H2,17,19,20)/b18-10-. The SMILES string of the molecule is CCCCCNC(=S)N/N=C(/C)c1ccc(F)c(F)c1. The molecule has 0 fully saturated rings. The number of nitrogens with one attached hydrogen (secondary N) is 2. The molecule has 0 aliphatic heterocycles. The van der Waals surface area contributed by atoms with E-state index in [2.05, 4.69) is 22.8 Å². The smallest absolute Gasteiger partial charge is 0.186 e. The van der Waals surface area contributed by atoms with Crippen molar-refractivity contribution in [3.63, 3.8) is 0 Å². The van der Waals surface area contributed by atoms with Crippen LogP contribution < -0.4 is 10.7 Å². The maximum Gasteiger partial charge on any atom is 0.186 e. The zero-order valence-electron chi connectivity index (χ0n) is 11.7. The van der Waals surface area contributed by atoms with E-state index in [4.69, 9.17) is 12.2 Å². The molecule has 0 unspecified atom stereocenters. The van der Waals surface area contributed by atoms with E-state index in [-0.39, 0.29) is 0 Å². The van der Waals surface area contributed by atoms with Crippen molar-refractivity contribution in [3.8, 4) is 0 Å². The topological polar surface area (TPSA) is 36.4 Å². The van der Waals surface area contributed by atoms with Gasteiger partial charge in [-0.05, 0) is 43.8 Å². The number of unbranched alkanes of at least 4 members (excludes halogenated alkanes) is 2. The highest BCUT2D eigenvalue weighted by Crippen LogP contribution is 2.09. The summed E-state index contributed by atoms with van der Waals surface area (Å²) < 4.78 is 25.9. The molecule has 0 atom stereocenters. The van der Waals surface area contributed by atoms with Gasteiger partial charge in [-0.1, -0.05) is 19.8 Å². The molecule has 1 rings (SSSR count). The molecular formula is C14H19F2N3S. The average molecular weight is 299 g/mol. The Morgan fingerprint density at radius 1 is 1.25 bits per heavy atom. The number of hydrogen-bond donors (Lipinski definition) is 2. The second-order valence-electron chi connectivity index (χ2n) is 4.40. The van der Waals surface area contributed by atoms with Gasteiger partial charge in [0.15, 0.2) is 16.7 Å². The minimum absolute atomic E-state index is 0.419. The Labute approximate surface area is 123 Å². The first-order valence-corrected chi connectivity index (χ1v) is 6.99. The van der Waals surface area contributed by atoms with Crippen LogP contribution in [0.15, 0.2) is 23.3 Å². The fourth-order valence-electron chi connectivity index (χ4n) is 1.54. The number of hydrazone groups is 1. The van der Waals surface area contributed by atoms with Crippen molar-refractivity contribution in [1.29, 1.82) is 0 Å². The molecule has 0 radical (unpaired) electrons. The minimum atomic E-state index is -0.891. The van der Waals surface area contributed by atoms with Gasteiger partial charge in [0, 0.05) is 12.1 Å². The van der Waals surface area contributed by atoms with E-state index in [9.17, 15) is 8.78 Å². The predicted molar refractivity (Wildman–Crippen MR) is 81.8 cm³/mol. The Bertz CT molecular complexity index is 489. The first-order valence-electron chi connectivity index (χ1n) is 6.58. The highest BCUT2D eigenvalue weighted by molar-refractivity contribution is 7.80. The van der Waals surface area contributed by atoms with Crippen LogP contribution in [0.1, 0.15) is 38.7 Å². The van der Waals surface area contributed by atoms with Gasteiger partial charge in [0.2, 0.25) is 0 Å². The quantitative estimate of drug-likeness (QED) is 0.366. The molecule has 3 nitrogen and oxygen atoms in total. The van der Waals surface area contributed by atoms with E-state index < -0.39 is 11.6 Å². The van der Waals surface area contributed by atoms with Gasteiger partial charge in [0.1, 0.15) is 0 Å². The number of rotatable bonds is 6. The Morgan fingerprint density at radius 2 is 2.00 bits per heavy atom. The van der Waals surface area contributed by atoms with Crippen LogP contribution in [0.3, 0.4) is 0 Å². The van der Waals surface area contributed by atoms with Gasteiger partial charge in [0.05, 0.1) is 5.71 Å². The minimum Gasteiger partial charge on any atom is -0.361 e. The lowest BCUT2D eigenvalue weighted by Crippen LogP contribution is -2.33. The summed E-state index contributed by atoms with van der Waals surface area (Å²) >= 11 is 5.06. The second kappa shape index (κ2) is 8.58. The van der Waals surface area contributed by atoms with Crippen molar-refractivity contribution in [2.75, 3.05) is 6.54 Å². The Balaban J connectivity index is 2.48. The summed E-state index contributed by atoms with van der Waals surface area (Å²) in [7, 11) is 0. The molecule has 0 saturated heterocycles. The Kier molecular flexibility index (Phi) is 7.08. The van der Waals surface area contributed by atoms with Crippen molar-refractivity contribution in [2.45, 2.75) is 33.1 Å². The fraction of sp³-hybridized carbons (Fsp3) is 0.429. The first-order chi connectivity index (χ1) is 9.54. The molecule has 1 aromatic carbocycles. The van der Waals surface area contributed by atoms with Gasteiger partial charge in [0.25, 0.3) is 0 Å². The zero-order chi connectivity index (χ0) is 15.0. The molecule has 0 aromatic heterocycles. The molecule has 0 heterocycles. The van der Waals surface area contributed by atoms with Crippen LogP contribution in [-0.2, 0) is 0 Å². The first kappa shape index (κ1) is 16.5. The van der Waals surface area contributed by atoms with Crippen molar-refractivity contribution < 1.29 is 8.78 Å². The lowest BCUT2D eigenvalue weighted by molar-refractivity contribution is 0.508. The number of benzene rings is 1. The van der Waals surface area contributed by atoms with E-state index in [0.29, 0.717) is 16.4 Å². The zero-order valence-corrected chi connectivity index (χ0v) is 12.5. The number of nitrogens with zero attached hydrogens (tertiary/aromatic N) is 1. The van der Waals surface area contributed by atoms with Crippen LogP contribution in [0, 0.1) is 11.6 Å². The molecule has 1 aromatic rings. The molecule has 0 aliphatic carbocycles. The average Bonchev–Trinajstić information content (AvgIpc) is 2.44. The predicted octanol–water partition coefficient (Wildman–Crippen LogP) is 3.34. The van der Waals surface area contributed by atoms with Crippen molar-refractivity contribution in [3.05, 3.63) is 35.4 Å². The highest BCUT2D eigenvalue weighted by atomic mass is 32.1. The van der Waals surface area contributed by atoms with E-state index in [0.717, 1.165) is 37.9 Å². The van der Waals surface area contributed by atoms with Crippen LogP contribution in [0.5, 0.6) is 0 Å². The molecular weight excluding hydrogens is 280 g/mol. The maximum atomic E-state index is 13.1. The van der Waals surface area contributed by atoms with E-state index in [1.165, 1.54) is 6.07 Å². The van der Waals surface area contributed by atoms with Gasteiger partial charge < -0.3 is 5.32 Å². The van der Waals surface area contributed by atoms with Crippen LogP contribution in [0.25, 0.3) is 0 Å². The monoisotopic (exact) mass is 299 g/mol. The third-order valence-corrected chi connectivity index (χ3v) is 2.96. The summed E-state index contributed by atoms with van der Waals surface area (Å²) in [6, 6.07) is 3.65. The van der Waals surface area contributed by atoms with Gasteiger partial charge in [-0.3, -0.25) is 5.43 Å². The maximum absolute atomic E-state index is 13.1. The summed E-state index contributed by atoms with van der Waals surface area (Å²) in [4.78, 5) is 0. The molecule has 0 saturated carbocycles. The fourth-order valence-corrected chi connectivity index (χ4v) is 1.68. The Morgan fingerprint density at radius 3 is 2.65 bits per heavy atom. The van der Waals surface area contributed by atoms with Crippen molar-refractivity contribution in [2.24, 2.45) is 5.10 Å². The summed E-state index contributed by atoms with van der Waals surface area (Å²) in [5, 5.41) is 7.48. The normalized spacial score (nSPS) is 11.3. The van der Waals surface area contributed by atoms with Crippen LogP contribution >= 0.6 is 12.2 Å². The molecule has 0 spiro atoms. The third kappa shape index (κ3) is 5.61. The van der Waals surface area contributed by atoms with Gasteiger partial charge >= 0.3 is 0 Å². The number of halogens is 2. The lowest BCUT2D eigenvalue weighted by atomic mass is 10.1. The molecule has 0 amide bonds. The molecule has 0 aliphatic rings. The van der Waals surface area contributed by atoms with E-state index in [1.54, 1.807) is 6.92 Å². The third-order valence-electron chi connectivity index (χ3n) is 2.73. The van der Waals surface area contributed by atoms with E-state index in [1.807, 2.05) is 0 Å². The summed E-state index contributed by atoms with van der Waals surface area (Å²) in [6.45, 7) is 4.62. The molecule has 0 bridgehead atoms. The summed E-state index contributed by atoms with van der Waals surface area (Å²) in [5.41, 5.74) is 3.72. The van der Waals surface area contributed by atoms with Gasteiger partial charge in [-0.2, -0.15) is 5.10 Å². The summed E-state index contributed by atoms with van der Waals surface area (Å²) in [6.07, 6.45) is 3.34. The van der Waals surface area contributed by atoms with Gasteiger partial charge in [-0.15, -0.1) is 0 Å². The molecule has 110 valence electrons. The van der Waals surface area contributed by atoms with Gasteiger partial charge in [-0.25, -0.2) is 8.78 Å². The van der Waals surface area contributed by atoms with Crippen LogP contribution in [0.2, 0.25) is 0 Å². The number of hydrogen-bond acceptors (Lipinski definition) is 2. The van der Waals surface area contributed by atoms with Crippen molar-refractivity contribution >= 4 is 23.0 Å². The molecule has 20 heavy (non-hydrogen) atoms. The lowest BCUT2D eigenvalue weighted by Gasteiger charge is -2.07. The molecule has 2 N–H and O–H groups in total. The second-order valence-corrected chi connectivity index (χ2v) is 4.81. The van der Waals surface area contributed by atoms with E-state index >= 15 is 0 Å². The summed E-state index contributed by atoms with van der Waals surface area (Å²) in [5.74, 6) is -1.76.